The first kappa shape index (κ1) is 16.0. The number of nitrogens with zero attached hydrogens (tertiary/aromatic N) is 3. The normalized spacial score (nSPS) is 30.7. The number of thiazole rings is 1. The molecule has 0 unspecified atom stereocenters. The van der Waals surface area contributed by atoms with E-state index >= 15 is 0 Å². The highest BCUT2D eigenvalue weighted by atomic mass is 32.1. The van der Waals surface area contributed by atoms with Crippen molar-refractivity contribution < 1.29 is 9.47 Å². The van der Waals surface area contributed by atoms with Gasteiger partial charge in [0.15, 0.2) is 0 Å². The van der Waals surface area contributed by atoms with Crippen LogP contribution in [0.1, 0.15) is 23.5 Å². The molecule has 0 N–H and O–H groups in total. The molecule has 0 spiro atoms. The molecule has 1 aromatic rings. The van der Waals surface area contributed by atoms with Crippen molar-refractivity contribution in [2.24, 2.45) is 5.92 Å². The molecular weight excluding hydrogens is 310 g/mol. The predicted molar refractivity (Wildman–Crippen MR) is 90.8 cm³/mol. The molecule has 0 aliphatic carbocycles. The third-order valence-corrected chi connectivity index (χ3v) is 6.20. The first-order chi connectivity index (χ1) is 11.3. The van der Waals surface area contributed by atoms with E-state index < -0.39 is 0 Å². The number of hydrogen-bond acceptors (Lipinski definition) is 6. The van der Waals surface area contributed by atoms with Crippen LogP contribution in [0.4, 0.5) is 0 Å². The first-order valence-electron chi connectivity index (χ1n) is 8.84. The maximum Gasteiger partial charge on any atom is 0.0897 e. The van der Waals surface area contributed by atoms with Gasteiger partial charge >= 0.3 is 0 Å². The fraction of sp³-hybridized carbons (Fsp3) is 0.824. The van der Waals surface area contributed by atoms with E-state index in [4.69, 9.17) is 9.47 Å². The Labute approximate surface area is 142 Å². The highest BCUT2D eigenvalue weighted by Crippen LogP contribution is 2.27. The van der Waals surface area contributed by atoms with Gasteiger partial charge in [-0.1, -0.05) is 0 Å². The average molecular weight is 337 g/mol. The summed E-state index contributed by atoms with van der Waals surface area (Å²) >= 11 is 1.75. The molecule has 128 valence electrons. The Bertz CT molecular complexity index is 518. The zero-order chi connectivity index (χ0) is 15.6. The third kappa shape index (κ3) is 3.77. The summed E-state index contributed by atoms with van der Waals surface area (Å²) in [4.78, 5) is 9.85. The van der Waals surface area contributed by atoms with Gasteiger partial charge in [-0.05, 0) is 25.7 Å². The number of hydrogen-bond donors (Lipinski definition) is 0. The van der Waals surface area contributed by atoms with Crippen LogP contribution in [0.5, 0.6) is 0 Å². The molecule has 0 amide bonds. The van der Waals surface area contributed by atoms with E-state index in [2.05, 4.69) is 27.1 Å². The highest BCUT2D eigenvalue weighted by molar-refractivity contribution is 7.09. The Kier molecular flexibility index (Phi) is 4.96. The van der Waals surface area contributed by atoms with Crippen molar-refractivity contribution in [2.45, 2.75) is 38.5 Å². The summed E-state index contributed by atoms with van der Waals surface area (Å²) in [5, 5.41) is 3.37. The van der Waals surface area contributed by atoms with Crippen molar-refractivity contribution in [3.05, 3.63) is 16.1 Å². The predicted octanol–water partition coefficient (Wildman–Crippen LogP) is 1.76. The van der Waals surface area contributed by atoms with E-state index in [1.165, 1.54) is 25.1 Å². The van der Waals surface area contributed by atoms with Gasteiger partial charge < -0.3 is 9.47 Å². The summed E-state index contributed by atoms with van der Waals surface area (Å²) in [7, 11) is 0. The van der Waals surface area contributed by atoms with Crippen LogP contribution >= 0.6 is 11.3 Å². The van der Waals surface area contributed by atoms with Gasteiger partial charge in [-0.25, -0.2) is 4.98 Å². The molecule has 0 radical (unpaired) electrons. The van der Waals surface area contributed by atoms with Crippen LogP contribution < -0.4 is 0 Å². The number of fused-ring (bicyclic) bond motifs is 1. The molecule has 0 bridgehead atoms. The first-order valence-corrected chi connectivity index (χ1v) is 9.72. The fourth-order valence-corrected chi connectivity index (χ4v) is 4.77. The molecule has 5 nitrogen and oxygen atoms in total. The smallest absolute Gasteiger partial charge is 0.0897 e. The summed E-state index contributed by atoms with van der Waals surface area (Å²) in [5.41, 5.74) is 1.22. The van der Waals surface area contributed by atoms with E-state index in [1.807, 2.05) is 0 Å². The van der Waals surface area contributed by atoms with Crippen LogP contribution in [0.2, 0.25) is 0 Å². The van der Waals surface area contributed by atoms with Gasteiger partial charge in [0.2, 0.25) is 0 Å². The monoisotopic (exact) mass is 337 g/mol. The zero-order valence-corrected chi connectivity index (χ0v) is 14.8. The standard InChI is InChI=1S/C17H27N3O2S/c1-13-18-15(12-23-13)9-20-4-7-22-17-11-19(10-16(17)20)8-14-2-5-21-6-3-14/h12,14,16-17H,2-11H2,1H3/t16-,17+/m1/s1. The van der Waals surface area contributed by atoms with Crippen molar-refractivity contribution in [1.82, 2.24) is 14.8 Å². The third-order valence-electron chi connectivity index (χ3n) is 5.38. The summed E-state index contributed by atoms with van der Waals surface area (Å²) in [6.07, 6.45) is 2.81. The van der Waals surface area contributed by atoms with Crippen LogP contribution in [0.3, 0.4) is 0 Å². The van der Waals surface area contributed by atoms with E-state index in [0.717, 1.165) is 56.9 Å². The van der Waals surface area contributed by atoms with Gasteiger partial charge in [-0.2, -0.15) is 0 Å². The molecule has 3 fully saturated rings. The minimum absolute atomic E-state index is 0.378. The Morgan fingerprint density at radius 3 is 2.91 bits per heavy atom. The van der Waals surface area contributed by atoms with E-state index in [0.29, 0.717) is 12.1 Å². The van der Waals surface area contributed by atoms with E-state index in [9.17, 15) is 0 Å². The minimum atomic E-state index is 0.378. The molecular formula is C17H27N3O2S. The van der Waals surface area contributed by atoms with Crippen molar-refractivity contribution >= 4 is 11.3 Å². The quantitative estimate of drug-likeness (QED) is 0.837. The highest BCUT2D eigenvalue weighted by Gasteiger charge is 2.40. The molecule has 0 aromatic carbocycles. The summed E-state index contributed by atoms with van der Waals surface area (Å²) in [6.45, 7) is 10.3. The van der Waals surface area contributed by atoms with Gasteiger partial charge in [-0.15, -0.1) is 11.3 Å². The number of morpholine rings is 1. The second-order valence-corrected chi connectivity index (χ2v) is 8.14. The molecule has 4 rings (SSSR count). The molecule has 3 aliphatic rings. The lowest BCUT2D eigenvalue weighted by Gasteiger charge is -2.36. The van der Waals surface area contributed by atoms with Gasteiger partial charge in [-0.3, -0.25) is 9.80 Å². The lowest BCUT2D eigenvalue weighted by atomic mass is 10.00. The number of rotatable bonds is 4. The molecule has 0 saturated carbocycles. The van der Waals surface area contributed by atoms with E-state index in [1.54, 1.807) is 11.3 Å². The van der Waals surface area contributed by atoms with Gasteiger partial charge in [0.1, 0.15) is 0 Å². The lowest BCUT2D eigenvalue weighted by molar-refractivity contribution is -0.0508. The topological polar surface area (TPSA) is 37.8 Å². The summed E-state index contributed by atoms with van der Waals surface area (Å²) < 4.78 is 11.6. The largest absolute Gasteiger partial charge is 0.381 e. The molecule has 1 aromatic heterocycles. The van der Waals surface area contributed by atoms with Gasteiger partial charge in [0.25, 0.3) is 0 Å². The molecule has 2 atom stereocenters. The number of likely N-dealkylation sites (tertiary alicyclic amines) is 1. The summed E-state index contributed by atoms with van der Waals surface area (Å²) in [5.74, 6) is 0.804. The Morgan fingerprint density at radius 2 is 2.13 bits per heavy atom. The van der Waals surface area contributed by atoms with Crippen molar-refractivity contribution in [3.63, 3.8) is 0 Å². The Morgan fingerprint density at radius 1 is 1.26 bits per heavy atom. The average Bonchev–Trinajstić information content (AvgIpc) is 3.15. The van der Waals surface area contributed by atoms with Crippen LogP contribution in [0.15, 0.2) is 5.38 Å². The molecule has 6 heteroatoms. The van der Waals surface area contributed by atoms with Crippen LogP contribution in [0, 0.1) is 12.8 Å². The maximum atomic E-state index is 6.07. The Hall–Kier alpha value is -0.530. The molecule has 3 saturated heterocycles. The summed E-state index contributed by atoms with van der Waals surface area (Å²) in [6, 6.07) is 0.533. The van der Waals surface area contributed by atoms with Crippen LogP contribution in [-0.2, 0) is 16.0 Å². The minimum Gasteiger partial charge on any atom is -0.381 e. The number of aromatic nitrogens is 1. The lowest BCUT2D eigenvalue weighted by Crippen LogP contribution is -2.50. The number of aryl methyl sites for hydroxylation is 1. The van der Waals surface area contributed by atoms with Crippen molar-refractivity contribution in [3.8, 4) is 0 Å². The van der Waals surface area contributed by atoms with Crippen molar-refractivity contribution in [2.75, 3.05) is 46.0 Å². The maximum absolute atomic E-state index is 6.07. The molecule has 4 heterocycles. The SMILES string of the molecule is Cc1nc(CN2CCO[C@H]3CN(CC4CCOCC4)C[C@H]32)cs1. The zero-order valence-electron chi connectivity index (χ0n) is 13.9. The van der Waals surface area contributed by atoms with Crippen LogP contribution in [-0.4, -0.2) is 72.9 Å². The van der Waals surface area contributed by atoms with Gasteiger partial charge in [0, 0.05) is 51.3 Å². The fourth-order valence-electron chi connectivity index (χ4n) is 4.16. The second-order valence-electron chi connectivity index (χ2n) is 7.08. The van der Waals surface area contributed by atoms with Crippen molar-refractivity contribution in [1.29, 1.82) is 0 Å². The molecule has 23 heavy (non-hydrogen) atoms. The second kappa shape index (κ2) is 7.15. The Balaban J connectivity index is 1.36. The van der Waals surface area contributed by atoms with Crippen LogP contribution in [0.25, 0.3) is 0 Å². The van der Waals surface area contributed by atoms with E-state index in [-0.39, 0.29) is 0 Å². The number of ether oxygens (including phenoxy) is 2. The van der Waals surface area contributed by atoms with Gasteiger partial charge in [0.05, 0.1) is 29.5 Å². The molecule has 3 aliphatic heterocycles.